The van der Waals surface area contributed by atoms with Crippen LogP contribution in [0.25, 0.3) is 0 Å². The average molecular weight is 368 g/mol. The summed E-state index contributed by atoms with van der Waals surface area (Å²) in [5.74, 6) is -0.0256. The number of aryl methyl sites for hydroxylation is 1. The number of piperazine rings is 1. The van der Waals surface area contributed by atoms with Crippen molar-refractivity contribution in [2.24, 2.45) is 0 Å². The molecule has 1 fully saturated rings. The van der Waals surface area contributed by atoms with E-state index >= 15 is 0 Å². The van der Waals surface area contributed by atoms with E-state index in [0.717, 1.165) is 5.56 Å². The molecule has 6 nitrogen and oxygen atoms in total. The lowest BCUT2D eigenvalue weighted by Crippen LogP contribution is -2.56. The van der Waals surface area contributed by atoms with E-state index in [2.05, 4.69) is 5.32 Å². The van der Waals surface area contributed by atoms with Crippen LogP contribution in [0.3, 0.4) is 0 Å². The Hall–Kier alpha value is -1.44. The van der Waals surface area contributed by atoms with Crippen LogP contribution in [0.15, 0.2) is 29.2 Å². The second kappa shape index (κ2) is 7.43. The van der Waals surface area contributed by atoms with Crippen molar-refractivity contribution in [2.75, 3.05) is 26.2 Å². The Bertz CT molecular complexity index is 700. The van der Waals surface area contributed by atoms with Crippen LogP contribution < -0.4 is 5.32 Å². The minimum atomic E-state index is -3.47. The van der Waals surface area contributed by atoms with E-state index in [4.69, 9.17) is 0 Å². The Balaban J connectivity index is 1.99. The SMILES string of the molecule is Cc1ccc(S(=O)(=O)N2CCN(C(C)C(=O)NC(C)(C)C)CC2)cc1. The molecule has 0 radical (unpaired) electrons. The number of rotatable bonds is 4. The zero-order valence-electron chi connectivity index (χ0n) is 15.7. The molecule has 1 unspecified atom stereocenters. The third-order valence-electron chi connectivity index (χ3n) is 4.36. The van der Waals surface area contributed by atoms with Gasteiger partial charge in [-0.15, -0.1) is 0 Å². The normalized spacial score (nSPS) is 18.8. The molecule has 1 saturated heterocycles. The Morgan fingerprint density at radius 2 is 1.60 bits per heavy atom. The zero-order chi connectivity index (χ0) is 18.8. The van der Waals surface area contributed by atoms with E-state index in [0.29, 0.717) is 31.1 Å². The lowest BCUT2D eigenvalue weighted by atomic mass is 10.1. The standard InChI is InChI=1S/C18H29N3O3S/c1-14-6-8-16(9-7-14)25(23,24)21-12-10-20(11-13-21)15(2)17(22)19-18(3,4)5/h6-9,15H,10-13H2,1-5H3,(H,19,22). The molecule has 140 valence electrons. The predicted octanol–water partition coefficient (Wildman–Crippen LogP) is 1.60. The molecule has 1 amide bonds. The van der Waals surface area contributed by atoms with Gasteiger partial charge >= 0.3 is 0 Å². The maximum absolute atomic E-state index is 12.7. The van der Waals surface area contributed by atoms with Crippen LogP contribution in [-0.4, -0.2) is 61.3 Å². The number of carbonyl (C=O) groups excluding carboxylic acids is 1. The lowest BCUT2D eigenvalue weighted by Gasteiger charge is -2.37. The highest BCUT2D eigenvalue weighted by atomic mass is 32.2. The maximum Gasteiger partial charge on any atom is 0.243 e. The highest BCUT2D eigenvalue weighted by Crippen LogP contribution is 2.19. The van der Waals surface area contributed by atoms with Crippen molar-refractivity contribution in [1.29, 1.82) is 0 Å². The van der Waals surface area contributed by atoms with Gasteiger partial charge in [0.15, 0.2) is 0 Å². The summed E-state index contributed by atoms with van der Waals surface area (Å²) < 4.78 is 27.0. The van der Waals surface area contributed by atoms with Crippen LogP contribution in [-0.2, 0) is 14.8 Å². The summed E-state index contributed by atoms with van der Waals surface area (Å²) >= 11 is 0. The average Bonchev–Trinajstić information content (AvgIpc) is 2.53. The fraction of sp³-hybridized carbons (Fsp3) is 0.611. The van der Waals surface area contributed by atoms with E-state index in [9.17, 15) is 13.2 Å². The first-order valence-electron chi connectivity index (χ1n) is 8.63. The quantitative estimate of drug-likeness (QED) is 0.878. The minimum absolute atomic E-state index is 0.0256. The van der Waals surface area contributed by atoms with Gasteiger partial charge in [-0.2, -0.15) is 4.31 Å². The number of amides is 1. The minimum Gasteiger partial charge on any atom is -0.350 e. The van der Waals surface area contributed by atoms with Crippen LogP contribution in [0.5, 0.6) is 0 Å². The second-order valence-corrected chi connectivity index (χ2v) is 9.61. The van der Waals surface area contributed by atoms with Gasteiger partial charge in [-0.25, -0.2) is 8.42 Å². The number of nitrogens with one attached hydrogen (secondary N) is 1. The summed E-state index contributed by atoms with van der Waals surface area (Å²) in [6, 6.07) is 6.64. The largest absolute Gasteiger partial charge is 0.350 e. The zero-order valence-corrected chi connectivity index (χ0v) is 16.6. The van der Waals surface area contributed by atoms with E-state index in [1.807, 2.05) is 51.7 Å². The van der Waals surface area contributed by atoms with Crippen LogP contribution in [0.4, 0.5) is 0 Å². The summed E-state index contributed by atoms with van der Waals surface area (Å²) in [5.41, 5.74) is 0.754. The summed E-state index contributed by atoms with van der Waals surface area (Å²) in [6.45, 7) is 11.5. The van der Waals surface area contributed by atoms with E-state index < -0.39 is 10.0 Å². The van der Waals surface area contributed by atoms with Crippen LogP contribution in [0.1, 0.15) is 33.3 Å². The molecular weight excluding hydrogens is 338 g/mol. The molecule has 1 aromatic rings. The number of carbonyl (C=O) groups is 1. The second-order valence-electron chi connectivity index (χ2n) is 7.67. The molecule has 1 aliphatic rings. The Morgan fingerprint density at radius 1 is 1.08 bits per heavy atom. The number of benzene rings is 1. The summed E-state index contributed by atoms with van der Waals surface area (Å²) in [6.07, 6.45) is 0. The molecule has 1 atom stereocenters. The van der Waals surface area contributed by atoms with Gasteiger partial charge in [0.2, 0.25) is 15.9 Å². The molecule has 0 spiro atoms. The molecule has 25 heavy (non-hydrogen) atoms. The van der Waals surface area contributed by atoms with Crippen molar-refractivity contribution < 1.29 is 13.2 Å². The maximum atomic E-state index is 12.7. The Labute approximate surface area is 151 Å². The predicted molar refractivity (Wildman–Crippen MR) is 98.9 cm³/mol. The van der Waals surface area contributed by atoms with Crippen molar-refractivity contribution in [1.82, 2.24) is 14.5 Å². The van der Waals surface area contributed by atoms with Crippen molar-refractivity contribution in [3.63, 3.8) is 0 Å². The highest BCUT2D eigenvalue weighted by Gasteiger charge is 2.32. The monoisotopic (exact) mass is 367 g/mol. The molecule has 1 heterocycles. The fourth-order valence-electron chi connectivity index (χ4n) is 2.83. The summed E-state index contributed by atoms with van der Waals surface area (Å²) in [7, 11) is -3.47. The van der Waals surface area contributed by atoms with Crippen molar-refractivity contribution in [3.8, 4) is 0 Å². The smallest absolute Gasteiger partial charge is 0.243 e. The number of hydrogen-bond donors (Lipinski definition) is 1. The molecule has 0 saturated carbocycles. The van der Waals surface area contributed by atoms with E-state index in [1.165, 1.54) is 4.31 Å². The molecule has 0 aromatic heterocycles. The number of nitrogens with zero attached hydrogens (tertiary/aromatic N) is 2. The molecule has 1 aromatic carbocycles. The first-order valence-corrected chi connectivity index (χ1v) is 10.1. The van der Waals surface area contributed by atoms with Crippen LogP contribution in [0, 0.1) is 6.92 Å². The summed E-state index contributed by atoms with van der Waals surface area (Å²) in [4.78, 5) is 14.7. The van der Waals surface area contributed by atoms with E-state index in [1.54, 1.807) is 12.1 Å². The molecule has 1 aliphatic heterocycles. The molecule has 0 aliphatic carbocycles. The molecule has 1 N–H and O–H groups in total. The first-order chi connectivity index (χ1) is 11.5. The molecule has 0 bridgehead atoms. The van der Waals surface area contributed by atoms with Crippen molar-refractivity contribution >= 4 is 15.9 Å². The first kappa shape index (κ1) is 19.9. The van der Waals surface area contributed by atoms with Crippen molar-refractivity contribution in [3.05, 3.63) is 29.8 Å². The third-order valence-corrected chi connectivity index (χ3v) is 6.27. The Morgan fingerprint density at radius 3 is 2.08 bits per heavy atom. The van der Waals surface area contributed by atoms with Gasteiger partial charge in [0, 0.05) is 31.7 Å². The lowest BCUT2D eigenvalue weighted by molar-refractivity contribution is -0.127. The van der Waals surface area contributed by atoms with Crippen molar-refractivity contribution in [2.45, 2.75) is 51.1 Å². The van der Waals surface area contributed by atoms with Gasteiger partial charge in [-0.05, 0) is 46.8 Å². The summed E-state index contributed by atoms with van der Waals surface area (Å²) in [5, 5.41) is 2.98. The molecule has 7 heteroatoms. The van der Waals surface area contributed by atoms with Crippen LogP contribution >= 0.6 is 0 Å². The van der Waals surface area contributed by atoms with E-state index in [-0.39, 0.29) is 17.5 Å². The molecular formula is C18H29N3O3S. The van der Waals surface area contributed by atoms with Gasteiger partial charge in [0.25, 0.3) is 0 Å². The van der Waals surface area contributed by atoms with Gasteiger partial charge in [0.1, 0.15) is 0 Å². The van der Waals surface area contributed by atoms with Crippen LogP contribution in [0.2, 0.25) is 0 Å². The highest BCUT2D eigenvalue weighted by molar-refractivity contribution is 7.89. The van der Waals surface area contributed by atoms with Gasteiger partial charge in [-0.1, -0.05) is 17.7 Å². The van der Waals surface area contributed by atoms with Gasteiger partial charge < -0.3 is 5.32 Å². The topological polar surface area (TPSA) is 69.7 Å². The Kier molecular flexibility index (Phi) is 5.91. The van der Waals surface area contributed by atoms with Gasteiger partial charge in [0.05, 0.1) is 10.9 Å². The molecule has 2 rings (SSSR count). The van der Waals surface area contributed by atoms with Gasteiger partial charge in [-0.3, -0.25) is 9.69 Å². The fourth-order valence-corrected chi connectivity index (χ4v) is 4.25. The third kappa shape index (κ3) is 5.03. The number of hydrogen-bond acceptors (Lipinski definition) is 4. The number of sulfonamides is 1.